The second-order valence-electron chi connectivity index (χ2n) is 4.78. The van der Waals surface area contributed by atoms with Crippen molar-refractivity contribution >= 4 is 5.91 Å². The zero-order valence-electron chi connectivity index (χ0n) is 11.1. The van der Waals surface area contributed by atoms with Gasteiger partial charge in [-0.1, -0.05) is 19.8 Å². The van der Waals surface area contributed by atoms with Crippen molar-refractivity contribution in [2.24, 2.45) is 0 Å². The molecule has 0 atom stereocenters. The summed E-state index contributed by atoms with van der Waals surface area (Å²) < 4.78 is 0. The van der Waals surface area contributed by atoms with E-state index in [1.165, 1.54) is 38.8 Å². The number of amides is 1. The van der Waals surface area contributed by atoms with Gasteiger partial charge in [0.1, 0.15) is 0 Å². The Morgan fingerprint density at radius 2 is 1.82 bits per heavy atom. The van der Waals surface area contributed by atoms with Gasteiger partial charge < -0.3 is 15.5 Å². The van der Waals surface area contributed by atoms with Crippen LogP contribution in [-0.2, 0) is 4.79 Å². The van der Waals surface area contributed by atoms with Gasteiger partial charge in [-0.2, -0.15) is 0 Å². The molecule has 0 bridgehead atoms. The van der Waals surface area contributed by atoms with Crippen LogP contribution in [0.5, 0.6) is 0 Å². The number of nitrogens with one attached hydrogen (secondary N) is 2. The van der Waals surface area contributed by atoms with Crippen LogP contribution in [0.3, 0.4) is 0 Å². The van der Waals surface area contributed by atoms with E-state index in [-0.39, 0.29) is 5.91 Å². The molecule has 1 heterocycles. The third-order valence-corrected chi connectivity index (χ3v) is 3.16. The molecule has 0 aromatic rings. The summed E-state index contributed by atoms with van der Waals surface area (Å²) in [5.74, 6) is 0.119. The Balaban J connectivity index is 1.99. The molecule has 0 saturated carbocycles. The lowest BCUT2D eigenvalue weighted by atomic mass is 10.2. The van der Waals surface area contributed by atoms with Crippen molar-refractivity contribution in [3.8, 4) is 0 Å². The van der Waals surface area contributed by atoms with Gasteiger partial charge in [-0.25, -0.2) is 0 Å². The van der Waals surface area contributed by atoms with Crippen LogP contribution in [-0.4, -0.2) is 50.1 Å². The zero-order chi connectivity index (χ0) is 12.3. The highest BCUT2D eigenvalue weighted by molar-refractivity contribution is 5.77. The molecule has 0 radical (unpaired) electrons. The summed E-state index contributed by atoms with van der Waals surface area (Å²) in [4.78, 5) is 13.9. The number of hydrogen-bond acceptors (Lipinski definition) is 3. The van der Waals surface area contributed by atoms with Crippen LogP contribution in [0.15, 0.2) is 0 Å². The van der Waals surface area contributed by atoms with Crippen molar-refractivity contribution in [1.82, 2.24) is 15.5 Å². The van der Waals surface area contributed by atoms with Gasteiger partial charge >= 0.3 is 0 Å². The first-order valence-corrected chi connectivity index (χ1v) is 7.02. The van der Waals surface area contributed by atoms with Crippen LogP contribution >= 0.6 is 0 Å². The van der Waals surface area contributed by atoms with Crippen LogP contribution < -0.4 is 10.6 Å². The summed E-state index contributed by atoms with van der Waals surface area (Å²) in [6.45, 7) is 7.65. The molecule has 0 aromatic carbocycles. The number of nitrogens with zero attached hydrogens (tertiary/aromatic N) is 1. The Bertz CT molecular complexity index is 201. The monoisotopic (exact) mass is 241 g/mol. The third-order valence-electron chi connectivity index (χ3n) is 3.16. The molecule has 4 heteroatoms. The molecule has 1 fully saturated rings. The predicted molar refractivity (Wildman–Crippen MR) is 71.1 cm³/mol. The van der Waals surface area contributed by atoms with E-state index in [1.807, 2.05) is 0 Å². The van der Waals surface area contributed by atoms with E-state index in [1.54, 1.807) is 0 Å². The maximum Gasteiger partial charge on any atom is 0.234 e. The zero-order valence-corrected chi connectivity index (χ0v) is 11.1. The molecule has 1 aliphatic rings. The van der Waals surface area contributed by atoms with Crippen LogP contribution in [0.4, 0.5) is 0 Å². The second kappa shape index (κ2) is 9.42. The van der Waals surface area contributed by atoms with Gasteiger partial charge in [0.25, 0.3) is 0 Å². The molecule has 1 amide bonds. The lowest BCUT2D eigenvalue weighted by Gasteiger charge is -2.19. The lowest BCUT2D eigenvalue weighted by Crippen LogP contribution is -2.39. The van der Waals surface area contributed by atoms with E-state index < -0.39 is 0 Å². The van der Waals surface area contributed by atoms with Gasteiger partial charge in [0, 0.05) is 13.1 Å². The van der Waals surface area contributed by atoms with Crippen molar-refractivity contribution < 1.29 is 4.79 Å². The first kappa shape index (κ1) is 14.5. The fourth-order valence-electron chi connectivity index (χ4n) is 2.15. The topological polar surface area (TPSA) is 44.4 Å². The summed E-state index contributed by atoms with van der Waals surface area (Å²) in [6, 6.07) is 0. The van der Waals surface area contributed by atoms with Gasteiger partial charge in [-0.15, -0.1) is 0 Å². The fraction of sp³-hybridized carbons (Fsp3) is 0.923. The van der Waals surface area contributed by atoms with Gasteiger partial charge in [-0.3, -0.25) is 4.79 Å². The van der Waals surface area contributed by atoms with Crippen LogP contribution in [0.1, 0.15) is 39.0 Å². The highest BCUT2D eigenvalue weighted by atomic mass is 16.1. The molecule has 0 aromatic heterocycles. The fourth-order valence-corrected chi connectivity index (χ4v) is 2.15. The normalized spacial score (nSPS) is 17.7. The molecule has 0 spiro atoms. The second-order valence-corrected chi connectivity index (χ2v) is 4.78. The maximum atomic E-state index is 11.4. The lowest BCUT2D eigenvalue weighted by molar-refractivity contribution is -0.120. The number of hydrogen-bond donors (Lipinski definition) is 2. The van der Waals surface area contributed by atoms with E-state index in [4.69, 9.17) is 0 Å². The Hall–Kier alpha value is -0.610. The predicted octanol–water partition coefficient (Wildman–Crippen LogP) is 0.978. The van der Waals surface area contributed by atoms with Crippen LogP contribution in [0.25, 0.3) is 0 Å². The van der Waals surface area contributed by atoms with Crippen LogP contribution in [0, 0.1) is 0 Å². The average molecular weight is 241 g/mol. The third kappa shape index (κ3) is 7.34. The Morgan fingerprint density at radius 3 is 2.47 bits per heavy atom. The molecule has 1 rings (SSSR count). The standard InChI is InChI=1S/C13H27N3O/c1-2-7-14-12-13(17)15-8-11-16-9-5-3-4-6-10-16/h14H,2-12H2,1H3,(H,15,17). The molecular formula is C13H27N3O. The Morgan fingerprint density at radius 1 is 1.12 bits per heavy atom. The molecule has 0 aliphatic carbocycles. The largest absolute Gasteiger partial charge is 0.354 e. The smallest absolute Gasteiger partial charge is 0.234 e. The molecular weight excluding hydrogens is 214 g/mol. The first-order chi connectivity index (χ1) is 8.33. The van der Waals surface area contributed by atoms with E-state index in [2.05, 4.69) is 22.5 Å². The number of carbonyl (C=O) groups excluding carboxylic acids is 1. The summed E-state index contributed by atoms with van der Waals surface area (Å²) >= 11 is 0. The minimum Gasteiger partial charge on any atom is -0.354 e. The van der Waals surface area contributed by atoms with Crippen molar-refractivity contribution in [2.75, 3.05) is 39.3 Å². The highest BCUT2D eigenvalue weighted by Crippen LogP contribution is 2.08. The summed E-state index contributed by atoms with van der Waals surface area (Å²) in [7, 11) is 0. The van der Waals surface area contributed by atoms with Crippen molar-refractivity contribution in [3.05, 3.63) is 0 Å². The summed E-state index contributed by atoms with van der Waals surface area (Å²) in [5, 5.41) is 6.07. The van der Waals surface area contributed by atoms with E-state index in [9.17, 15) is 4.79 Å². The molecule has 1 saturated heterocycles. The van der Waals surface area contributed by atoms with Crippen molar-refractivity contribution in [1.29, 1.82) is 0 Å². The van der Waals surface area contributed by atoms with Gasteiger partial charge in [0.05, 0.1) is 6.54 Å². The molecule has 100 valence electrons. The van der Waals surface area contributed by atoms with Crippen LogP contribution in [0.2, 0.25) is 0 Å². The SMILES string of the molecule is CCCNCC(=O)NCCN1CCCCCC1. The number of carbonyl (C=O) groups is 1. The van der Waals surface area contributed by atoms with E-state index >= 15 is 0 Å². The minimum atomic E-state index is 0.119. The molecule has 17 heavy (non-hydrogen) atoms. The summed E-state index contributed by atoms with van der Waals surface area (Å²) in [6.07, 6.45) is 6.42. The summed E-state index contributed by atoms with van der Waals surface area (Å²) in [5.41, 5.74) is 0. The Kier molecular flexibility index (Phi) is 8.01. The molecule has 2 N–H and O–H groups in total. The number of rotatable bonds is 7. The first-order valence-electron chi connectivity index (χ1n) is 7.02. The van der Waals surface area contributed by atoms with Gasteiger partial charge in [0.15, 0.2) is 0 Å². The van der Waals surface area contributed by atoms with E-state index in [0.717, 1.165) is 26.1 Å². The highest BCUT2D eigenvalue weighted by Gasteiger charge is 2.08. The van der Waals surface area contributed by atoms with E-state index in [0.29, 0.717) is 6.54 Å². The molecule has 0 unspecified atom stereocenters. The van der Waals surface area contributed by atoms with Gasteiger partial charge in [0.2, 0.25) is 5.91 Å². The van der Waals surface area contributed by atoms with Gasteiger partial charge in [-0.05, 0) is 38.9 Å². The van der Waals surface area contributed by atoms with Crippen molar-refractivity contribution in [2.45, 2.75) is 39.0 Å². The van der Waals surface area contributed by atoms with Crippen molar-refractivity contribution in [3.63, 3.8) is 0 Å². The Labute approximate surface area is 105 Å². The quantitative estimate of drug-likeness (QED) is 0.653. The number of likely N-dealkylation sites (tertiary alicyclic amines) is 1. The molecule has 1 aliphatic heterocycles. The maximum absolute atomic E-state index is 11.4. The molecule has 4 nitrogen and oxygen atoms in total. The average Bonchev–Trinajstić information content (AvgIpc) is 2.58. The minimum absolute atomic E-state index is 0.119.